The van der Waals surface area contributed by atoms with E-state index < -0.39 is 0 Å². The number of thioether (sulfide) groups is 1. The van der Waals surface area contributed by atoms with Gasteiger partial charge in [-0.3, -0.25) is 0 Å². The van der Waals surface area contributed by atoms with Gasteiger partial charge in [0.05, 0.1) is 5.69 Å². The minimum absolute atomic E-state index is 0.0986. The molecule has 1 fully saturated rings. The van der Waals surface area contributed by atoms with E-state index in [1.165, 1.54) is 0 Å². The predicted octanol–water partition coefficient (Wildman–Crippen LogP) is 3.83. The van der Waals surface area contributed by atoms with E-state index in [0.29, 0.717) is 10.5 Å². The zero-order valence-corrected chi connectivity index (χ0v) is 13.6. The number of nitrogens with one attached hydrogen (secondary N) is 1. The summed E-state index contributed by atoms with van der Waals surface area (Å²) in [6.07, 6.45) is 0. The van der Waals surface area contributed by atoms with Crippen LogP contribution in [0.15, 0.2) is 18.2 Å². The van der Waals surface area contributed by atoms with Crippen molar-refractivity contribution in [1.82, 2.24) is 5.32 Å². The van der Waals surface area contributed by atoms with Crippen molar-refractivity contribution in [3.63, 3.8) is 0 Å². The Bertz CT molecular complexity index is 442. The van der Waals surface area contributed by atoms with Crippen LogP contribution < -0.4 is 10.2 Å². The van der Waals surface area contributed by atoms with Crippen LogP contribution in [-0.2, 0) is 0 Å². The highest BCUT2D eigenvalue weighted by Gasteiger charge is 2.24. The van der Waals surface area contributed by atoms with Crippen molar-refractivity contribution < 1.29 is 4.39 Å². The van der Waals surface area contributed by atoms with Gasteiger partial charge in [-0.25, -0.2) is 4.39 Å². The second kappa shape index (κ2) is 6.81. The standard InChI is InChI=1S/C16H25FN2S/c1-5-18-13(4)14-6-7-16(15(17)8-14)19-9-11(2)20-12(3)10-19/h6-8,11-13,18H,5,9-10H2,1-4H3. The zero-order valence-electron chi connectivity index (χ0n) is 12.8. The summed E-state index contributed by atoms with van der Waals surface area (Å²) < 4.78 is 14.4. The van der Waals surface area contributed by atoms with Crippen molar-refractivity contribution in [3.05, 3.63) is 29.6 Å². The van der Waals surface area contributed by atoms with Gasteiger partial charge in [-0.2, -0.15) is 11.8 Å². The molecular formula is C16H25FN2S. The third-order valence-corrected chi connectivity index (χ3v) is 4.97. The summed E-state index contributed by atoms with van der Waals surface area (Å²) in [6.45, 7) is 11.3. The van der Waals surface area contributed by atoms with Crippen LogP contribution in [0.5, 0.6) is 0 Å². The van der Waals surface area contributed by atoms with Gasteiger partial charge in [0.25, 0.3) is 0 Å². The molecular weight excluding hydrogens is 271 g/mol. The molecule has 0 aromatic heterocycles. The predicted molar refractivity (Wildman–Crippen MR) is 87.2 cm³/mol. The van der Waals surface area contributed by atoms with E-state index in [0.717, 1.165) is 30.9 Å². The van der Waals surface area contributed by atoms with Crippen LogP contribution in [0.3, 0.4) is 0 Å². The lowest BCUT2D eigenvalue weighted by molar-refractivity contribution is 0.579. The number of anilines is 1. The molecule has 2 rings (SSSR count). The minimum Gasteiger partial charge on any atom is -0.367 e. The molecule has 0 bridgehead atoms. The molecule has 1 saturated heterocycles. The van der Waals surface area contributed by atoms with Gasteiger partial charge in [-0.1, -0.05) is 26.8 Å². The summed E-state index contributed by atoms with van der Waals surface area (Å²) >= 11 is 1.99. The number of rotatable bonds is 4. The number of halogens is 1. The summed E-state index contributed by atoms with van der Waals surface area (Å²) in [5.74, 6) is -0.0986. The fourth-order valence-corrected chi connectivity index (χ4v) is 4.17. The van der Waals surface area contributed by atoms with E-state index in [1.807, 2.05) is 23.9 Å². The number of nitrogens with zero attached hydrogens (tertiary/aromatic N) is 1. The van der Waals surface area contributed by atoms with Crippen molar-refractivity contribution in [2.45, 2.75) is 44.2 Å². The van der Waals surface area contributed by atoms with Gasteiger partial charge in [0.1, 0.15) is 5.82 Å². The van der Waals surface area contributed by atoms with Crippen LogP contribution in [0.1, 0.15) is 39.3 Å². The lowest BCUT2D eigenvalue weighted by Crippen LogP contribution is -2.40. The average Bonchev–Trinajstić information content (AvgIpc) is 2.37. The first-order valence-corrected chi connectivity index (χ1v) is 8.38. The van der Waals surface area contributed by atoms with Crippen molar-refractivity contribution in [2.24, 2.45) is 0 Å². The van der Waals surface area contributed by atoms with Crippen LogP contribution >= 0.6 is 11.8 Å². The SMILES string of the molecule is CCNC(C)c1ccc(N2CC(C)SC(C)C2)c(F)c1. The topological polar surface area (TPSA) is 15.3 Å². The largest absolute Gasteiger partial charge is 0.367 e. The first-order valence-electron chi connectivity index (χ1n) is 7.44. The Kier molecular flexibility index (Phi) is 5.33. The van der Waals surface area contributed by atoms with E-state index >= 15 is 0 Å². The highest BCUT2D eigenvalue weighted by Crippen LogP contribution is 2.31. The Labute approximate surface area is 126 Å². The quantitative estimate of drug-likeness (QED) is 0.909. The van der Waals surface area contributed by atoms with E-state index in [4.69, 9.17) is 0 Å². The highest BCUT2D eigenvalue weighted by atomic mass is 32.2. The lowest BCUT2D eigenvalue weighted by Gasteiger charge is -2.36. The summed E-state index contributed by atoms with van der Waals surface area (Å²) in [6, 6.07) is 5.86. The summed E-state index contributed by atoms with van der Waals surface area (Å²) in [5.41, 5.74) is 1.76. The summed E-state index contributed by atoms with van der Waals surface area (Å²) in [7, 11) is 0. The Balaban J connectivity index is 2.17. The fourth-order valence-electron chi connectivity index (χ4n) is 2.85. The van der Waals surface area contributed by atoms with Crippen molar-refractivity contribution in [2.75, 3.05) is 24.5 Å². The van der Waals surface area contributed by atoms with Crippen LogP contribution in [0.4, 0.5) is 10.1 Å². The average molecular weight is 296 g/mol. The molecule has 3 unspecified atom stereocenters. The second-order valence-electron chi connectivity index (χ2n) is 5.65. The Morgan fingerprint density at radius 3 is 2.55 bits per heavy atom. The first-order chi connectivity index (χ1) is 9.51. The van der Waals surface area contributed by atoms with Crippen LogP contribution in [0.2, 0.25) is 0 Å². The third kappa shape index (κ3) is 3.67. The maximum atomic E-state index is 14.4. The van der Waals surface area contributed by atoms with Crippen LogP contribution in [0.25, 0.3) is 0 Å². The lowest BCUT2D eigenvalue weighted by atomic mass is 10.1. The maximum Gasteiger partial charge on any atom is 0.146 e. The van der Waals surface area contributed by atoms with Crippen LogP contribution in [-0.4, -0.2) is 30.1 Å². The molecule has 1 aliphatic heterocycles. The number of hydrogen-bond acceptors (Lipinski definition) is 3. The van der Waals surface area contributed by atoms with E-state index in [1.54, 1.807) is 6.07 Å². The third-order valence-electron chi connectivity index (χ3n) is 3.74. The second-order valence-corrected chi connectivity index (χ2v) is 7.53. The molecule has 0 radical (unpaired) electrons. The number of benzene rings is 1. The van der Waals surface area contributed by atoms with Crippen molar-refractivity contribution >= 4 is 17.4 Å². The highest BCUT2D eigenvalue weighted by molar-refractivity contribution is 8.00. The molecule has 112 valence electrons. The minimum atomic E-state index is -0.0986. The van der Waals surface area contributed by atoms with Gasteiger partial charge >= 0.3 is 0 Å². The first kappa shape index (κ1) is 15.6. The number of hydrogen-bond donors (Lipinski definition) is 1. The Hall–Kier alpha value is -0.740. The summed E-state index contributed by atoms with van der Waals surface area (Å²) in [4.78, 5) is 2.18. The molecule has 2 nitrogen and oxygen atoms in total. The van der Waals surface area contributed by atoms with Gasteiger partial charge in [0.15, 0.2) is 0 Å². The molecule has 1 N–H and O–H groups in total. The van der Waals surface area contributed by atoms with Crippen LogP contribution in [0, 0.1) is 5.82 Å². The molecule has 1 aromatic rings. The zero-order chi connectivity index (χ0) is 14.7. The maximum absolute atomic E-state index is 14.4. The summed E-state index contributed by atoms with van der Waals surface area (Å²) in [5, 5.41) is 4.43. The van der Waals surface area contributed by atoms with Gasteiger partial charge in [0, 0.05) is 29.6 Å². The van der Waals surface area contributed by atoms with E-state index in [9.17, 15) is 4.39 Å². The molecule has 0 saturated carbocycles. The normalized spacial score (nSPS) is 24.8. The van der Waals surface area contributed by atoms with E-state index in [2.05, 4.69) is 37.9 Å². The molecule has 1 aromatic carbocycles. The van der Waals surface area contributed by atoms with Gasteiger partial charge in [-0.05, 0) is 31.2 Å². The van der Waals surface area contributed by atoms with Crippen molar-refractivity contribution in [1.29, 1.82) is 0 Å². The van der Waals surface area contributed by atoms with Crippen molar-refractivity contribution in [3.8, 4) is 0 Å². The monoisotopic (exact) mass is 296 g/mol. The molecule has 0 spiro atoms. The molecule has 20 heavy (non-hydrogen) atoms. The Morgan fingerprint density at radius 2 is 2.00 bits per heavy atom. The molecule has 1 heterocycles. The smallest absolute Gasteiger partial charge is 0.146 e. The van der Waals surface area contributed by atoms with Gasteiger partial charge in [0.2, 0.25) is 0 Å². The van der Waals surface area contributed by atoms with Gasteiger partial charge < -0.3 is 10.2 Å². The van der Waals surface area contributed by atoms with E-state index in [-0.39, 0.29) is 11.9 Å². The molecule has 4 heteroatoms. The Morgan fingerprint density at radius 1 is 1.35 bits per heavy atom. The molecule has 3 atom stereocenters. The van der Waals surface area contributed by atoms with Gasteiger partial charge in [-0.15, -0.1) is 0 Å². The fraction of sp³-hybridized carbons (Fsp3) is 0.625. The molecule has 0 amide bonds. The molecule has 0 aliphatic carbocycles. The molecule has 1 aliphatic rings.